The third-order valence-corrected chi connectivity index (χ3v) is 6.44. The Labute approximate surface area is 194 Å². The van der Waals surface area contributed by atoms with Crippen LogP contribution in [0.3, 0.4) is 0 Å². The topological polar surface area (TPSA) is 9.23 Å². The van der Waals surface area contributed by atoms with Gasteiger partial charge in [-0.05, 0) is 71.6 Å². The summed E-state index contributed by atoms with van der Waals surface area (Å²) in [6.07, 6.45) is 0.771. The molecule has 3 aromatic carbocycles. The molecule has 0 amide bonds. The van der Waals surface area contributed by atoms with Crippen molar-refractivity contribution in [2.45, 2.75) is 45.4 Å². The lowest BCUT2D eigenvalue weighted by atomic mass is 9.80. The van der Waals surface area contributed by atoms with E-state index in [9.17, 15) is 26.3 Å². The van der Waals surface area contributed by atoms with E-state index in [-0.39, 0.29) is 11.1 Å². The van der Waals surface area contributed by atoms with Crippen LogP contribution >= 0.6 is 0 Å². The minimum absolute atomic E-state index is 0.136. The summed E-state index contributed by atoms with van der Waals surface area (Å²) in [5.41, 5.74) is 2.23. The van der Waals surface area contributed by atoms with E-state index in [1.165, 1.54) is 43.4 Å². The molecule has 1 aliphatic carbocycles. The van der Waals surface area contributed by atoms with Gasteiger partial charge in [0.05, 0.1) is 0 Å². The summed E-state index contributed by atoms with van der Waals surface area (Å²) < 4.78 is 83.3. The number of ether oxygens (including phenoxy) is 1. The molecule has 0 aromatic heterocycles. The van der Waals surface area contributed by atoms with E-state index in [0.29, 0.717) is 23.6 Å². The highest BCUT2D eigenvalue weighted by molar-refractivity contribution is 5.71. The highest BCUT2D eigenvalue weighted by Gasteiger charge is 2.34. The Morgan fingerprint density at radius 1 is 0.735 bits per heavy atom. The van der Waals surface area contributed by atoms with Crippen LogP contribution in [0.2, 0.25) is 0 Å². The maximum atomic E-state index is 14.8. The van der Waals surface area contributed by atoms with E-state index in [1.54, 1.807) is 6.07 Å². The number of alkyl halides is 3. The van der Waals surface area contributed by atoms with E-state index in [1.807, 2.05) is 24.3 Å². The van der Waals surface area contributed by atoms with Gasteiger partial charge >= 0.3 is 6.36 Å². The minimum atomic E-state index is -5.25. The van der Waals surface area contributed by atoms with Gasteiger partial charge in [0, 0.05) is 5.56 Å². The number of rotatable bonds is 5. The highest BCUT2D eigenvalue weighted by Crippen LogP contribution is 2.35. The zero-order chi connectivity index (χ0) is 24.5. The first kappa shape index (κ1) is 24.2. The van der Waals surface area contributed by atoms with Gasteiger partial charge in [-0.2, -0.15) is 0 Å². The lowest BCUT2D eigenvalue weighted by molar-refractivity contribution is -0.276. The van der Waals surface area contributed by atoms with Crippen molar-refractivity contribution >= 4 is 0 Å². The van der Waals surface area contributed by atoms with Crippen LogP contribution in [0.1, 0.15) is 38.2 Å². The molecule has 0 radical (unpaired) electrons. The van der Waals surface area contributed by atoms with Crippen molar-refractivity contribution in [1.82, 2.24) is 0 Å². The predicted molar refractivity (Wildman–Crippen MR) is 119 cm³/mol. The Hall–Kier alpha value is -2.96. The summed E-state index contributed by atoms with van der Waals surface area (Å²) in [5.74, 6) is -3.97. The SMILES string of the molecule is CC1CCC(Cc2ccc(-c3ccc(-c4cc(F)c(OC(F)(F)F)c(F)c4)c(F)c3)cc2)CC1. The third-order valence-electron chi connectivity index (χ3n) is 6.44. The molecule has 0 bridgehead atoms. The van der Waals surface area contributed by atoms with Gasteiger partial charge in [0.1, 0.15) is 5.82 Å². The summed E-state index contributed by atoms with van der Waals surface area (Å²) in [7, 11) is 0. The Bertz CT molecular complexity index is 1120. The van der Waals surface area contributed by atoms with Crippen molar-refractivity contribution in [2.75, 3.05) is 0 Å². The molecule has 0 heterocycles. The lowest BCUT2D eigenvalue weighted by Crippen LogP contribution is -2.19. The molecular weight excluding hydrogens is 454 g/mol. The quantitative estimate of drug-likeness (QED) is 0.333. The molecule has 0 N–H and O–H groups in total. The molecule has 7 heteroatoms. The van der Waals surface area contributed by atoms with Crippen LogP contribution in [0, 0.1) is 29.3 Å². The molecule has 4 rings (SSSR count). The molecule has 34 heavy (non-hydrogen) atoms. The van der Waals surface area contributed by atoms with Crippen molar-refractivity contribution in [2.24, 2.45) is 11.8 Å². The summed E-state index contributed by atoms with van der Waals surface area (Å²) in [4.78, 5) is 0. The Balaban J connectivity index is 1.51. The van der Waals surface area contributed by atoms with Gasteiger partial charge < -0.3 is 4.74 Å². The first-order valence-corrected chi connectivity index (χ1v) is 11.2. The second-order valence-corrected chi connectivity index (χ2v) is 9.04. The molecular formula is C27H24F6O. The van der Waals surface area contributed by atoms with E-state index in [0.717, 1.165) is 17.9 Å². The van der Waals surface area contributed by atoms with Crippen LogP contribution in [0.15, 0.2) is 54.6 Å². The first-order chi connectivity index (χ1) is 16.1. The normalized spacial score (nSPS) is 18.7. The fourth-order valence-electron chi connectivity index (χ4n) is 4.56. The van der Waals surface area contributed by atoms with Gasteiger partial charge in [-0.3, -0.25) is 0 Å². The van der Waals surface area contributed by atoms with Gasteiger partial charge in [0.2, 0.25) is 5.75 Å². The largest absolute Gasteiger partial charge is 0.573 e. The Morgan fingerprint density at radius 3 is 1.85 bits per heavy atom. The number of halogens is 6. The molecule has 0 spiro atoms. The van der Waals surface area contributed by atoms with Gasteiger partial charge in [0.25, 0.3) is 0 Å². The molecule has 0 atom stereocenters. The molecule has 0 aliphatic heterocycles. The fourth-order valence-corrected chi connectivity index (χ4v) is 4.56. The summed E-state index contributed by atoms with van der Waals surface area (Å²) in [6, 6.07) is 13.3. The van der Waals surface area contributed by atoms with Crippen LogP contribution in [0.5, 0.6) is 5.75 Å². The van der Waals surface area contributed by atoms with Crippen LogP contribution in [-0.4, -0.2) is 6.36 Å². The van der Waals surface area contributed by atoms with Crippen molar-refractivity contribution in [3.05, 3.63) is 77.6 Å². The average Bonchev–Trinajstić information content (AvgIpc) is 2.77. The number of hydrogen-bond donors (Lipinski definition) is 0. The van der Waals surface area contributed by atoms with E-state index < -0.39 is 29.6 Å². The van der Waals surface area contributed by atoms with E-state index >= 15 is 0 Å². The van der Waals surface area contributed by atoms with Crippen molar-refractivity contribution in [3.63, 3.8) is 0 Å². The molecule has 1 fully saturated rings. The fraction of sp³-hybridized carbons (Fsp3) is 0.333. The van der Waals surface area contributed by atoms with Gasteiger partial charge in [-0.1, -0.05) is 56.2 Å². The van der Waals surface area contributed by atoms with Crippen LogP contribution in [-0.2, 0) is 6.42 Å². The minimum Gasteiger partial charge on any atom is -0.399 e. The number of benzene rings is 3. The summed E-state index contributed by atoms with van der Waals surface area (Å²) in [5, 5.41) is 0. The zero-order valence-electron chi connectivity index (χ0n) is 18.6. The standard InChI is InChI=1S/C27H24F6O/c1-16-2-4-17(5-3-16)12-18-6-8-19(9-7-18)20-10-11-22(23(28)13-20)21-14-24(29)26(25(30)15-21)34-27(31,32)33/h6-11,13-17H,2-5,12H2,1H3. The average molecular weight is 478 g/mol. The molecule has 180 valence electrons. The maximum Gasteiger partial charge on any atom is 0.573 e. The molecule has 1 nitrogen and oxygen atoms in total. The second kappa shape index (κ2) is 9.72. The lowest BCUT2D eigenvalue weighted by Gasteiger charge is -2.26. The van der Waals surface area contributed by atoms with Crippen LogP contribution in [0.25, 0.3) is 22.3 Å². The maximum absolute atomic E-state index is 14.8. The molecule has 0 unspecified atom stereocenters. The third kappa shape index (κ3) is 5.75. The van der Waals surface area contributed by atoms with E-state index in [4.69, 9.17) is 0 Å². The zero-order valence-corrected chi connectivity index (χ0v) is 18.6. The highest BCUT2D eigenvalue weighted by atomic mass is 19.4. The van der Waals surface area contributed by atoms with Gasteiger partial charge in [0.15, 0.2) is 11.6 Å². The summed E-state index contributed by atoms with van der Waals surface area (Å²) >= 11 is 0. The van der Waals surface area contributed by atoms with Crippen LogP contribution < -0.4 is 4.74 Å². The van der Waals surface area contributed by atoms with Gasteiger partial charge in [-0.15, -0.1) is 13.2 Å². The van der Waals surface area contributed by atoms with Crippen molar-refractivity contribution < 1.29 is 31.1 Å². The molecule has 3 aromatic rings. The molecule has 0 saturated heterocycles. The monoisotopic (exact) mass is 478 g/mol. The molecule has 1 aliphatic rings. The Morgan fingerprint density at radius 2 is 1.29 bits per heavy atom. The smallest absolute Gasteiger partial charge is 0.399 e. The number of hydrogen-bond acceptors (Lipinski definition) is 1. The Kier molecular flexibility index (Phi) is 6.91. The van der Waals surface area contributed by atoms with Gasteiger partial charge in [-0.25, -0.2) is 13.2 Å². The van der Waals surface area contributed by atoms with Crippen molar-refractivity contribution in [3.8, 4) is 28.0 Å². The first-order valence-electron chi connectivity index (χ1n) is 11.2. The van der Waals surface area contributed by atoms with Crippen molar-refractivity contribution in [1.29, 1.82) is 0 Å². The summed E-state index contributed by atoms with van der Waals surface area (Å²) in [6.45, 7) is 2.29. The predicted octanol–water partition coefficient (Wildman–Crippen LogP) is 8.71. The second-order valence-electron chi connectivity index (χ2n) is 9.04. The molecule has 1 saturated carbocycles. The van der Waals surface area contributed by atoms with Crippen LogP contribution in [0.4, 0.5) is 26.3 Å². The van der Waals surface area contributed by atoms with E-state index in [2.05, 4.69) is 11.7 Å².